The van der Waals surface area contributed by atoms with Crippen LogP contribution in [0.25, 0.3) is 0 Å². The first kappa shape index (κ1) is 13.0. The summed E-state index contributed by atoms with van der Waals surface area (Å²) in [5.74, 6) is -0.0265. The van der Waals surface area contributed by atoms with Crippen molar-refractivity contribution >= 4 is 11.9 Å². The molecule has 0 aromatic heterocycles. The van der Waals surface area contributed by atoms with Gasteiger partial charge in [-0.1, -0.05) is 12.8 Å². The van der Waals surface area contributed by atoms with Crippen LogP contribution in [0.4, 0.5) is 0 Å². The van der Waals surface area contributed by atoms with Gasteiger partial charge in [-0.15, -0.1) is 0 Å². The maximum Gasteiger partial charge on any atom is 0.307 e. The quantitative estimate of drug-likeness (QED) is 0.687. The second-order valence-electron chi connectivity index (χ2n) is 4.10. The highest BCUT2D eigenvalue weighted by molar-refractivity contribution is 5.77. The van der Waals surface area contributed by atoms with Gasteiger partial charge in [0.2, 0.25) is 5.91 Å². The minimum Gasteiger partial charge on any atom is -0.466 e. The number of rotatable bonds is 4. The van der Waals surface area contributed by atoms with E-state index in [-0.39, 0.29) is 11.9 Å². The van der Waals surface area contributed by atoms with Crippen molar-refractivity contribution in [3.63, 3.8) is 0 Å². The summed E-state index contributed by atoms with van der Waals surface area (Å²) in [6, 6.07) is 0. The molecule has 92 valence electrons. The van der Waals surface area contributed by atoms with Crippen LogP contribution in [-0.2, 0) is 14.3 Å². The van der Waals surface area contributed by atoms with E-state index in [2.05, 4.69) is 0 Å². The van der Waals surface area contributed by atoms with E-state index in [1.807, 2.05) is 0 Å². The van der Waals surface area contributed by atoms with Gasteiger partial charge in [-0.3, -0.25) is 9.59 Å². The zero-order valence-corrected chi connectivity index (χ0v) is 10.0. The predicted octanol–water partition coefficient (Wildman–Crippen LogP) is 1.73. The molecule has 0 saturated carbocycles. The second kappa shape index (κ2) is 7.25. The van der Waals surface area contributed by atoms with E-state index >= 15 is 0 Å². The Morgan fingerprint density at radius 2 is 2.06 bits per heavy atom. The molecule has 1 fully saturated rings. The Hall–Kier alpha value is -1.06. The summed E-state index contributed by atoms with van der Waals surface area (Å²) >= 11 is 0. The van der Waals surface area contributed by atoms with E-state index < -0.39 is 0 Å². The molecule has 1 amide bonds. The molecule has 4 nitrogen and oxygen atoms in total. The average Bonchev–Trinajstić information content (AvgIpc) is 2.23. The zero-order valence-electron chi connectivity index (χ0n) is 10.0. The summed E-state index contributed by atoms with van der Waals surface area (Å²) in [7, 11) is 0. The number of likely N-dealkylation sites (tertiary alicyclic amines) is 1. The maximum atomic E-state index is 11.7. The van der Waals surface area contributed by atoms with E-state index in [0.717, 1.165) is 25.8 Å². The van der Waals surface area contributed by atoms with Crippen LogP contribution in [-0.4, -0.2) is 36.5 Å². The molecule has 0 atom stereocenters. The minimum atomic E-state index is -0.211. The van der Waals surface area contributed by atoms with Crippen LogP contribution in [0.1, 0.15) is 45.4 Å². The number of esters is 1. The summed E-state index contributed by atoms with van der Waals surface area (Å²) in [4.78, 5) is 24.7. The van der Waals surface area contributed by atoms with Crippen molar-refractivity contribution in [1.82, 2.24) is 4.90 Å². The van der Waals surface area contributed by atoms with Crippen LogP contribution in [0.2, 0.25) is 0 Å². The summed E-state index contributed by atoms with van der Waals surface area (Å²) in [5, 5.41) is 0. The van der Waals surface area contributed by atoms with Crippen molar-refractivity contribution in [2.45, 2.75) is 45.4 Å². The van der Waals surface area contributed by atoms with Crippen molar-refractivity contribution in [2.75, 3.05) is 19.7 Å². The Bertz CT molecular complexity index is 240. The fourth-order valence-corrected chi connectivity index (χ4v) is 1.91. The Morgan fingerprint density at radius 3 is 2.81 bits per heavy atom. The molecule has 0 radical (unpaired) electrons. The molecule has 16 heavy (non-hydrogen) atoms. The van der Waals surface area contributed by atoms with Crippen LogP contribution in [0.15, 0.2) is 0 Å². The van der Waals surface area contributed by atoms with Crippen LogP contribution < -0.4 is 0 Å². The molecule has 0 bridgehead atoms. The number of hydrogen-bond donors (Lipinski definition) is 0. The largest absolute Gasteiger partial charge is 0.466 e. The number of amides is 1. The van der Waals surface area contributed by atoms with E-state index in [1.165, 1.54) is 6.42 Å². The highest BCUT2D eigenvalue weighted by Crippen LogP contribution is 2.11. The summed E-state index contributed by atoms with van der Waals surface area (Å²) in [6.07, 6.45) is 5.31. The molecule has 4 heteroatoms. The van der Waals surface area contributed by atoms with Crippen molar-refractivity contribution in [1.29, 1.82) is 0 Å². The first-order valence-corrected chi connectivity index (χ1v) is 6.17. The number of hydrogen-bond acceptors (Lipinski definition) is 3. The van der Waals surface area contributed by atoms with E-state index in [9.17, 15) is 9.59 Å². The van der Waals surface area contributed by atoms with Crippen molar-refractivity contribution in [2.24, 2.45) is 0 Å². The van der Waals surface area contributed by atoms with Gasteiger partial charge in [-0.25, -0.2) is 0 Å². The van der Waals surface area contributed by atoms with E-state index in [0.29, 0.717) is 26.0 Å². The molecule has 1 saturated heterocycles. The van der Waals surface area contributed by atoms with Crippen molar-refractivity contribution < 1.29 is 14.3 Å². The standard InChI is InChI=1S/C12H21NO3/c1-2-16-12(15)8-10-13-9-6-4-3-5-7-11(13)14/h2-10H2,1H3. The van der Waals surface area contributed by atoms with Gasteiger partial charge in [0.05, 0.1) is 13.0 Å². The first-order chi connectivity index (χ1) is 7.74. The van der Waals surface area contributed by atoms with Gasteiger partial charge in [-0.05, 0) is 19.8 Å². The Balaban J connectivity index is 2.31. The average molecular weight is 227 g/mol. The fraction of sp³-hybridized carbons (Fsp3) is 0.833. The maximum absolute atomic E-state index is 11.7. The van der Waals surface area contributed by atoms with Gasteiger partial charge < -0.3 is 9.64 Å². The van der Waals surface area contributed by atoms with E-state index in [4.69, 9.17) is 4.74 Å². The zero-order chi connectivity index (χ0) is 11.8. The monoisotopic (exact) mass is 227 g/mol. The fourth-order valence-electron chi connectivity index (χ4n) is 1.91. The molecule has 0 spiro atoms. The van der Waals surface area contributed by atoms with Gasteiger partial charge in [0.15, 0.2) is 0 Å². The predicted molar refractivity (Wildman–Crippen MR) is 60.9 cm³/mol. The molecule has 0 aliphatic carbocycles. The smallest absolute Gasteiger partial charge is 0.307 e. The highest BCUT2D eigenvalue weighted by Gasteiger charge is 2.16. The molecular weight excluding hydrogens is 206 g/mol. The molecule has 1 aliphatic rings. The molecule has 0 unspecified atom stereocenters. The molecule has 1 heterocycles. The van der Waals surface area contributed by atoms with Crippen LogP contribution in [0.3, 0.4) is 0 Å². The third kappa shape index (κ3) is 4.64. The third-order valence-electron chi connectivity index (χ3n) is 2.81. The van der Waals surface area contributed by atoms with Gasteiger partial charge in [-0.2, -0.15) is 0 Å². The Labute approximate surface area is 96.9 Å². The topological polar surface area (TPSA) is 46.6 Å². The summed E-state index contributed by atoms with van der Waals surface area (Å²) < 4.78 is 4.85. The van der Waals surface area contributed by atoms with Crippen molar-refractivity contribution in [3.8, 4) is 0 Å². The SMILES string of the molecule is CCOC(=O)CCN1CCCCCCC1=O. The lowest BCUT2D eigenvalue weighted by Crippen LogP contribution is -2.34. The lowest BCUT2D eigenvalue weighted by molar-refractivity contribution is -0.144. The van der Waals surface area contributed by atoms with Crippen LogP contribution in [0, 0.1) is 0 Å². The summed E-state index contributed by atoms with van der Waals surface area (Å²) in [6.45, 7) is 3.50. The number of ether oxygens (including phenoxy) is 1. The summed E-state index contributed by atoms with van der Waals surface area (Å²) in [5.41, 5.74) is 0. The third-order valence-corrected chi connectivity index (χ3v) is 2.81. The van der Waals surface area contributed by atoms with Gasteiger partial charge in [0.25, 0.3) is 0 Å². The molecule has 0 aromatic carbocycles. The van der Waals surface area contributed by atoms with Crippen molar-refractivity contribution in [3.05, 3.63) is 0 Å². The molecular formula is C12H21NO3. The number of carbonyl (C=O) groups is 2. The number of carbonyl (C=O) groups excluding carboxylic acids is 2. The van der Waals surface area contributed by atoms with Gasteiger partial charge >= 0.3 is 5.97 Å². The van der Waals surface area contributed by atoms with Gasteiger partial charge in [0.1, 0.15) is 0 Å². The van der Waals surface area contributed by atoms with Crippen LogP contribution >= 0.6 is 0 Å². The Kier molecular flexibility index (Phi) is 5.90. The lowest BCUT2D eigenvalue weighted by atomic mass is 10.1. The number of nitrogens with zero attached hydrogens (tertiary/aromatic N) is 1. The molecule has 0 N–H and O–H groups in total. The minimum absolute atomic E-state index is 0.184. The lowest BCUT2D eigenvalue weighted by Gasteiger charge is -2.24. The molecule has 1 rings (SSSR count). The molecule has 0 aromatic rings. The van der Waals surface area contributed by atoms with E-state index in [1.54, 1.807) is 11.8 Å². The van der Waals surface area contributed by atoms with Crippen LogP contribution in [0.5, 0.6) is 0 Å². The highest BCUT2D eigenvalue weighted by atomic mass is 16.5. The van der Waals surface area contributed by atoms with Gasteiger partial charge in [0, 0.05) is 19.5 Å². The first-order valence-electron chi connectivity index (χ1n) is 6.17. The normalized spacial score (nSPS) is 17.8. The Morgan fingerprint density at radius 1 is 1.31 bits per heavy atom. The second-order valence-corrected chi connectivity index (χ2v) is 4.10. The molecule has 1 aliphatic heterocycles.